The maximum absolute atomic E-state index is 13.2. The number of carbonyl (C=O) groups excluding carboxylic acids is 1. The molecule has 0 aromatic heterocycles. The Hall–Kier alpha value is -2.08. The summed E-state index contributed by atoms with van der Waals surface area (Å²) in [6.07, 6.45) is 5.05. The van der Waals surface area contributed by atoms with Gasteiger partial charge in [-0.1, -0.05) is 57.2 Å². The van der Waals surface area contributed by atoms with Crippen LogP contribution in [0.3, 0.4) is 0 Å². The van der Waals surface area contributed by atoms with Gasteiger partial charge in [0.1, 0.15) is 5.82 Å². The van der Waals surface area contributed by atoms with Crippen LogP contribution in [0.15, 0.2) is 30.3 Å². The van der Waals surface area contributed by atoms with Crippen molar-refractivity contribution in [3.05, 3.63) is 41.7 Å². The molecular formula is C21H25FO2. The molecule has 1 aliphatic carbocycles. The molecular weight excluding hydrogens is 303 g/mol. The Kier molecular flexibility index (Phi) is 5.83. The molecule has 2 atom stereocenters. The van der Waals surface area contributed by atoms with Gasteiger partial charge in [0.15, 0.2) is 0 Å². The van der Waals surface area contributed by atoms with Crippen molar-refractivity contribution >= 4 is 11.5 Å². The molecule has 0 unspecified atom stereocenters. The second kappa shape index (κ2) is 7.66. The fraction of sp³-hybridized carbons (Fsp3) is 0.476. The first kappa shape index (κ1) is 18.3. The molecule has 1 fully saturated rings. The summed E-state index contributed by atoms with van der Waals surface area (Å²) in [6.45, 7) is 6.25. The van der Waals surface area contributed by atoms with Gasteiger partial charge in [0.2, 0.25) is 0 Å². The molecule has 0 radical (unpaired) electrons. The van der Waals surface area contributed by atoms with Crippen LogP contribution in [0.1, 0.15) is 45.6 Å². The first-order chi connectivity index (χ1) is 11.4. The van der Waals surface area contributed by atoms with Crippen LogP contribution in [0.25, 0.3) is 5.57 Å². The van der Waals surface area contributed by atoms with E-state index in [2.05, 4.69) is 32.6 Å². The minimum atomic E-state index is -0.267. The number of rotatable bonds is 5. The highest BCUT2D eigenvalue weighted by Crippen LogP contribution is 2.60. The topological polar surface area (TPSA) is 26.3 Å². The number of hydrogen-bond acceptors (Lipinski definition) is 2. The zero-order chi connectivity index (χ0) is 17.7. The maximum atomic E-state index is 13.2. The summed E-state index contributed by atoms with van der Waals surface area (Å²) in [7, 11) is 1.42. The number of hydrogen-bond donors (Lipinski definition) is 0. The van der Waals surface area contributed by atoms with E-state index < -0.39 is 0 Å². The number of carbonyl (C=O) groups is 1. The summed E-state index contributed by atoms with van der Waals surface area (Å²) in [5, 5.41) is 0. The number of halogens is 1. The molecule has 1 saturated carbocycles. The summed E-state index contributed by atoms with van der Waals surface area (Å²) < 4.78 is 18.1. The lowest BCUT2D eigenvalue weighted by atomic mass is 10.0. The molecule has 24 heavy (non-hydrogen) atoms. The van der Waals surface area contributed by atoms with Gasteiger partial charge in [0.05, 0.1) is 13.0 Å². The first-order valence-electron chi connectivity index (χ1n) is 8.46. The molecule has 0 aliphatic heterocycles. The normalized spacial score (nSPS) is 21.6. The van der Waals surface area contributed by atoms with Crippen LogP contribution in [-0.2, 0) is 9.53 Å². The van der Waals surface area contributed by atoms with Crippen molar-refractivity contribution in [2.45, 2.75) is 40.0 Å². The van der Waals surface area contributed by atoms with Gasteiger partial charge in [-0.15, -0.1) is 0 Å². The minimum Gasteiger partial charge on any atom is -0.469 e. The van der Waals surface area contributed by atoms with Crippen LogP contribution in [0, 0.1) is 34.9 Å². The number of benzene rings is 1. The predicted molar refractivity (Wildman–Crippen MR) is 94.5 cm³/mol. The summed E-state index contributed by atoms with van der Waals surface area (Å²) in [4.78, 5) is 11.9. The monoisotopic (exact) mass is 328 g/mol. The van der Waals surface area contributed by atoms with E-state index in [1.165, 1.54) is 19.2 Å². The predicted octanol–water partition coefficient (Wildman–Crippen LogP) is 4.85. The van der Waals surface area contributed by atoms with Crippen LogP contribution >= 0.6 is 0 Å². The molecule has 2 nitrogen and oxygen atoms in total. The van der Waals surface area contributed by atoms with Gasteiger partial charge >= 0.3 is 5.97 Å². The molecule has 0 heterocycles. The lowest BCUT2D eigenvalue weighted by Crippen LogP contribution is -2.07. The zero-order valence-corrected chi connectivity index (χ0v) is 14.9. The van der Waals surface area contributed by atoms with Gasteiger partial charge in [-0.05, 0) is 35.4 Å². The van der Waals surface area contributed by atoms with Gasteiger partial charge < -0.3 is 4.74 Å². The van der Waals surface area contributed by atoms with Gasteiger partial charge in [-0.25, -0.2) is 4.39 Å². The fourth-order valence-electron chi connectivity index (χ4n) is 3.01. The second-order valence-electron chi connectivity index (χ2n) is 6.84. The maximum Gasteiger partial charge on any atom is 0.309 e. The average Bonchev–Trinajstić information content (AvgIpc) is 3.11. The molecule has 1 aromatic carbocycles. The van der Waals surface area contributed by atoms with Crippen molar-refractivity contribution in [1.82, 2.24) is 0 Å². The number of esters is 1. The van der Waals surface area contributed by atoms with Crippen molar-refractivity contribution in [3.8, 4) is 11.8 Å². The SMILES string of the molecule is CCCCC#C/C(=C\[C@H]1[C@@H](C(=O)OC)C1(C)C)c1ccc(F)cc1. The number of methoxy groups -OCH3 is 1. The third-order valence-corrected chi connectivity index (χ3v) is 4.75. The lowest BCUT2D eigenvalue weighted by Gasteiger charge is -2.02. The van der Waals surface area contributed by atoms with Crippen molar-refractivity contribution in [2.24, 2.45) is 17.3 Å². The second-order valence-corrected chi connectivity index (χ2v) is 6.84. The van der Waals surface area contributed by atoms with Gasteiger partial charge in [-0.2, -0.15) is 0 Å². The third kappa shape index (κ3) is 4.06. The summed E-state index contributed by atoms with van der Waals surface area (Å²) >= 11 is 0. The summed E-state index contributed by atoms with van der Waals surface area (Å²) in [6, 6.07) is 6.34. The van der Waals surface area contributed by atoms with E-state index >= 15 is 0 Å². The van der Waals surface area contributed by atoms with Crippen molar-refractivity contribution in [1.29, 1.82) is 0 Å². The molecule has 0 N–H and O–H groups in total. The van der Waals surface area contributed by atoms with E-state index in [0.717, 1.165) is 30.4 Å². The summed E-state index contributed by atoms with van der Waals surface area (Å²) in [5.41, 5.74) is 1.60. The van der Waals surface area contributed by atoms with Gasteiger partial charge in [0, 0.05) is 12.0 Å². The Labute approximate surface area is 144 Å². The van der Waals surface area contributed by atoms with E-state index in [1.807, 2.05) is 6.08 Å². The van der Waals surface area contributed by atoms with Crippen LogP contribution in [0.2, 0.25) is 0 Å². The molecule has 128 valence electrons. The van der Waals surface area contributed by atoms with Crippen LogP contribution in [0.4, 0.5) is 4.39 Å². The highest BCUT2D eigenvalue weighted by molar-refractivity contribution is 5.83. The van der Waals surface area contributed by atoms with E-state index in [9.17, 15) is 9.18 Å². The average molecular weight is 328 g/mol. The van der Waals surface area contributed by atoms with Crippen LogP contribution in [0.5, 0.6) is 0 Å². The Morgan fingerprint density at radius 1 is 1.33 bits per heavy atom. The smallest absolute Gasteiger partial charge is 0.309 e. The quantitative estimate of drug-likeness (QED) is 0.439. The van der Waals surface area contributed by atoms with E-state index in [-0.39, 0.29) is 29.0 Å². The van der Waals surface area contributed by atoms with Crippen molar-refractivity contribution < 1.29 is 13.9 Å². The largest absolute Gasteiger partial charge is 0.469 e. The number of ether oxygens (including phenoxy) is 1. The van der Waals surface area contributed by atoms with E-state index in [0.29, 0.717) is 0 Å². The lowest BCUT2D eigenvalue weighted by molar-refractivity contribution is -0.143. The molecule has 1 aliphatic rings. The molecule has 0 spiro atoms. The minimum absolute atomic E-state index is 0.0884. The number of allylic oxidation sites excluding steroid dienone is 2. The molecule has 3 heteroatoms. The Morgan fingerprint density at radius 2 is 2.00 bits per heavy atom. The Bertz CT molecular complexity index is 674. The Morgan fingerprint density at radius 3 is 2.58 bits per heavy atom. The van der Waals surface area contributed by atoms with E-state index in [4.69, 9.17) is 4.74 Å². The zero-order valence-electron chi connectivity index (χ0n) is 14.9. The van der Waals surface area contributed by atoms with Crippen molar-refractivity contribution in [3.63, 3.8) is 0 Å². The highest BCUT2D eigenvalue weighted by Gasteiger charge is 2.61. The highest BCUT2D eigenvalue weighted by atomic mass is 19.1. The van der Waals surface area contributed by atoms with Gasteiger partial charge in [-0.3, -0.25) is 4.79 Å². The van der Waals surface area contributed by atoms with Crippen LogP contribution in [-0.4, -0.2) is 13.1 Å². The molecule has 2 rings (SSSR count). The van der Waals surface area contributed by atoms with Crippen molar-refractivity contribution in [2.75, 3.05) is 7.11 Å². The molecule has 0 amide bonds. The molecule has 0 bridgehead atoms. The van der Waals surface area contributed by atoms with Gasteiger partial charge in [0.25, 0.3) is 0 Å². The standard InChI is InChI=1S/C21H25FO2/c1-5-6-7-8-9-16(15-10-12-17(22)13-11-15)14-18-19(20(23)24-4)21(18,2)3/h10-14,18-19H,5-7H2,1-4H3/b16-14+/t18-,19-/m0/s1. The Balaban J connectivity index is 2.30. The summed E-state index contributed by atoms with van der Waals surface area (Å²) in [5.74, 6) is 5.90. The molecule has 1 aromatic rings. The molecule has 0 saturated heterocycles. The van der Waals surface area contributed by atoms with E-state index in [1.54, 1.807) is 12.1 Å². The van der Waals surface area contributed by atoms with Crippen LogP contribution < -0.4 is 0 Å². The number of unbranched alkanes of at least 4 members (excludes halogenated alkanes) is 2. The fourth-order valence-corrected chi connectivity index (χ4v) is 3.01. The first-order valence-corrected chi connectivity index (χ1v) is 8.46. The third-order valence-electron chi connectivity index (χ3n) is 4.75.